The van der Waals surface area contributed by atoms with Crippen molar-refractivity contribution in [1.82, 2.24) is 5.32 Å². The van der Waals surface area contributed by atoms with Gasteiger partial charge < -0.3 is 10.2 Å². The standard InChI is InChI=1S/C17H24N2S/c1-13(2)19(12-15-8-7-11-20-15)17-10-6-5-9-16(17)14(3)18-4/h5-11,13-14,18H,12H2,1-4H3. The van der Waals surface area contributed by atoms with E-state index in [2.05, 4.69) is 72.8 Å². The maximum absolute atomic E-state index is 3.35. The lowest BCUT2D eigenvalue weighted by Gasteiger charge is -2.32. The Bertz CT molecular complexity index is 520. The molecule has 0 spiro atoms. The third-order valence-corrected chi connectivity index (χ3v) is 4.54. The number of nitrogens with zero attached hydrogens (tertiary/aromatic N) is 1. The van der Waals surface area contributed by atoms with Gasteiger partial charge in [-0.2, -0.15) is 0 Å². The van der Waals surface area contributed by atoms with Crippen LogP contribution in [0.4, 0.5) is 5.69 Å². The second kappa shape index (κ2) is 6.91. The van der Waals surface area contributed by atoms with Crippen molar-refractivity contribution in [3.8, 4) is 0 Å². The highest BCUT2D eigenvalue weighted by Crippen LogP contribution is 2.29. The lowest BCUT2D eigenvalue weighted by molar-refractivity contribution is 0.632. The van der Waals surface area contributed by atoms with Crippen LogP contribution in [-0.4, -0.2) is 13.1 Å². The summed E-state index contributed by atoms with van der Waals surface area (Å²) >= 11 is 1.83. The van der Waals surface area contributed by atoms with Crippen molar-refractivity contribution >= 4 is 17.0 Å². The fraction of sp³-hybridized carbons (Fsp3) is 0.412. The number of nitrogens with one attached hydrogen (secondary N) is 1. The third-order valence-electron chi connectivity index (χ3n) is 3.68. The van der Waals surface area contributed by atoms with Crippen LogP contribution in [0.5, 0.6) is 0 Å². The third kappa shape index (κ3) is 3.41. The van der Waals surface area contributed by atoms with E-state index in [1.807, 2.05) is 18.4 Å². The zero-order valence-electron chi connectivity index (χ0n) is 12.8. The molecule has 2 aromatic rings. The molecule has 1 unspecified atom stereocenters. The Labute approximate surface area is 126 Å². The molecule has 3 heteroatoms. The molecule has 0 fully saturated rings. The lowest BCUT2D eigenvalue weighted by atomic mass is 10.0. The van der Waals surface area contributed by atoms with Gasteiger partial charge in [-0.3, -0.25) is 0 Å². The van der Waals surface area contributed by atoms with Gasteiger partial charge in [0.25, 0.3) is 0 Å². The van der Waals surface area contributed by atoms with Gasteiger partial charge in [-0.05, 0) is 50.9 Å². The molecule has 0 saturated carbocycles. The molecule has 2 rings (SSSR count). The minimum Gasteiger partial charge on any atom is -0.364 e. The molecule has 1 aromatic carbocycles. The van der Waals surface area contributed by atoms with Gasteiger partial charge in [-0.1, -0.05) is 24.3 Å². The molecule has 1 atom stereocenters. The maximum atomic E-state index is 3.35. The molecular weight excluding hydrogens is 264 g/mol. The number of hydrogen-bond donors (Lipinski definition) is 1. The van der Waals surface area contributed by atoms with Crippen LogP contribution in [0.1, 0.15) is 37.3 Å². The molecule has 1 aromatic heterocycles. The topological polar surface area (TPSA) is 15.3 Å². The second-order valence-corrected chi connectivity index (χ2v) is 6.40. The van der Waals surface area contributed by atoms with Gasteiger partial charge in [-0.25, -0.2) is 0 Å². The Morgan fingerprint density at radius 2 is 1.85 bits per heavy atom. The Kier molecular flexibility index (Phi) is 5.21. The highest BCUT2D eigenvalue weighted by Gasteiger charge is 2.17. The van der Waals surface area contributed by atoms with E-state index in [9.17, 15) is 0 Å². The zero-order chi connectivity index (χ0) is 14.5. The molecule has 1 heterocycles. The van der Waals surface area contributed by atoms with E-state index >= 15 is 0 Å². The molecule has 0 aliphatic rings. The molecule has 20 heavy (non-hydrogen) atoms. The van der Waals surface area contributed by atoms with Crippen LogP contribution in [0.2, 0.25) is 0 Å². The average molecular weight is 288 g/mol. The van der Waals surface area contributed by atoms with Gasteiger partial charge in [0, 0.05) is 22.6 Å². The van der Waals surface area contributed by atoms with E-state index in [1.165, 1.54) is 16.1 Å². The molecule has 0 amide bonds. The van der Waals surface area contributed by atoms with Crippen molar-refractivity contribution in [3.63, 3.8) is 0 Å². The Morgan fingerprint density at radius 1 is 1.10 bits per heavy atom. The summed E-state index contributed by atoms with van der Waals surface area (Å²) in [5.74, 6) is 0. The number of hydrogen-bond acceptors (Lipinski definition) is 3. The summed E-state index contributed by atoms with van der Waals surface area (Å²) in [6.07, 6.45) is 0. The number of anilines is 1. The summed E-state index contributed by atoms with van der Waals surface area (Å²) < 4.78 is 0. The van der Waals surface area contributed by atoms with E-state index in [0.29, 0.717) is 12.1 Å². The molecule has 1 N–H and O–H groups in total. The van der Waals surface area contributed by atoms with Gasteiger partial charge in [0.1, 0.15) is 0 Å². The maximum Gasteiger partial charge on any atom is 0.0525 e. The van der Waals surface area contributed by atoms with Gasteiger partial charge in [0.2, 0.25) is 0 Å². The van der Waals surface area contributed by atoms with Crippen molar-refractivity contribution in [2.75, 3.05) is 11.9 Å². The highest BCUT2D eigenvalue weighted by molar-refractivity contribution is 7.09. The first-order valence-electron chi connectivity index (χ1n) is 7.18. The predicted molar refractivity (Wildman–Crippen MR) is 89.6 cm³/mol. The van der Waals surface area contributed by atoms with Crippen LogP contribution in [-0.2, 0) is 6.54 Å². The second-order valence-electron chi connectivity index (χ2n) is 5.37. The first-order valence-corrected chi connectivity index (χ1v) is 8.06. The summed E-state index contributed by atoms with van der Waals surface area (Å²) in [6, 6.07) is 13.9. The number of benzene rings is 1. The van der Waals surface area contributed by atoms with Crippen LogP contribution in [0.25, 0.3) is 0 Å². The summed E-state index contributed by atoms with van der Waals surface area (Å²) in [5, 5.41) is 5.50. The van der Waals surface area contributed by atoms with Crippen LogP contribution >= 0.6 is 11.3 Å². The Morgan fingerprint density at radius 3 is 2.45 bits per heavy atom. The first kappa shape index (κ1) is 15.1. The molecular formula is C17H24N2S. The van der Waals surface area contributed by atoms with Crippen molar-refractivity contribution in [3.05, 3.63) is 52.2 Å². The van der Waals surface area contributed by atoms with Crippen molar-refractivity contribution in [2.24, 2.45) is 0 Å². The summed E-state index contributed by atoms with van der Waals surface area (Å²) in [6.45, 7) is 7.70. The van der Waals surface area contributed by atoms with E-state index in [4.69, 9.17) is 0 Å². The summed E-state index contributed by atoms with van der Waals surface area (Å²) in [7, 11) is 2.01. The fourth-order valence-electron chi connectivity index (χ4n) is 2.39. The van der Waals surface area contributed by atoms with Crippen LogP contribution in [0.3, 0.4) is 0 Å². The van der Waals surface area contributed by atoms with Gasteiger partial charge in [-0.15, -0.1) is 11.3 Å². The van der Waals surface area contributed by atoms with E-state index in [-0.39, 0.29) is 0 Å². The monoisotopic (exact) mass is 288 g/mol. The Balaban J connectivity index is 2.34. The quantitative estimate of drug-likeness (QED) is 0.845. The average Bonchev–Trinajstić information content (AvgIpc) is 2.96. The minimum atomic E-state index is 0.357. The molecule has 0 radical (unpaired) electrons. The number of rotatable bonds is 6. The normalized spacial score (nSPS) is 12.7. The Hall–Kier alpha value is -1.32. The summed E-state index contributed by atoms with van der Waals surface area (Å²) in [4.78, 5) is 3.89. The van der Waals surface area contributed by atoms with E-state index < -0.39 is 0 Å². The number of thiophene rings is 1. The fourth-order valence-corrected chi connectivity index (χ4v) is 3.09. The van der Waals surface area contributed by atoms with E-state index in [1.54, 1.807) is 0 Å². The van der Waals surface area contributed by atoms with Crippen molar-refractivity contribution in [1.29, 1.82) is 0 Å². The molecule has 0 aliphatic carbocycles. The van der Waals surface area contributed by atoms with Gasteiger partial charge in [0.05, 0.1) is 6.54 Å². The zero-order valence-corrected chi connectivity index (χ0v) is 13.6. The van der Waals surface area contributed by atoms with Gasteiger partial charge >= 0.3 is 0 Å². The highest BCUT2D eigenvalue weighted by atomic mass is 32.1. The predicted octanol–water partition coefficient (Wildman–Crippen LogP) is 4.44. The molecule has 0 aliphatic heterocycles. The first-order chi connectivity index (χ1) is 9.63. The number of para-hydroxylation sites is 1. The van der Waals surface area contributed by atoms with E-state index in [0.717, 1.165) is 6.54 Å². The summed E-state index contributed by atoms with van der Waals surface area (Å²) in [5.41, 5.74) is 2.69. The lowest BCUT2D eigenvalue weighted by Crippen LogP contribution is -2.31. The molecule has 0 saturated heterocycles. The van der Waals surface area contributed by atoms with Crippen LogP contribution in [0.15, 0.2) is 41.8 Å². The minimum absolute atomic E-state index is 0.357. The molecule has 108 valence electrons. The molecule has 0 bridgehead atoms. The van der Waals surface area contributed by atoms with Crippen molar-refractivity contribution < 1.29 is 0 Å². The smallest absolute Gasteiger partial charge is 0.0525 e. The molecule has 2 nitrogen and oxygen atoms in total. The largest absolute Gasteiger partial charge is 0.364 e. The van der Waals surface area contributed by atoms with Gasteiger partial charge in [0.15, 0.2) is 0 Å². The SMILES string of the molecule is CNC(C)c1ccccc1N(Cc1cccs1)C(C)C. The van der Waals surface area contributed by atoms with Crippen LogP contribution < -0.4 is 10.2 Å². The van der Waals surface area contributed by atoms with Crippen LogP contribution in [0, 0.1) is 0 Å². The van der Waals surface area contributed by atoms with Crippen molar-refractivity contribution in [2.45, 2.75) is 39.4 Å².